The SMILES string of the molecule is Cc1cncc(NCc2ccc3c(c2)NC(=O)CO3)c1. The van der Waals surface area contributed by atoms with Crippen LogP contribution in [-0.4, -0.2) is 17.5 Å². The highest BCUT2D eigenvalue weighted by Gasteiger charge is 2.15. The number of aromatic nitrogens is 1. The van der Waals surface area contributed by atoms with Crippen LogP contribution in [0.3, 0.4) is 0 Å². The van der Waals surface area contributed by atoms with E-state index in [1.165, 1.54) is 0 Å². The van der Waals surface area contributed by atoms with Crippen LogP contribution in [0.4, 0.5) is 11.4 Å². The van der Waals surface area contributed by atoms with Crippen LogP contribution in [-0.2, 0) is 11.3 Å². The molecule has 2 N–H and O–H groups in total. The number of carbonyl (C=O) groups excluding carboxylic acids is 1. The number of hydrogen-bond acceptors (Lipinski definition) is 4. The Bertz CT molecular complexity index is 655. The molecule has 5 heteroatoms. The van der Waals surface area contributed by atoms with E-state index in [4.69, 9.17) is 4.74 Å². The number of rotatable bonds is 3. The highest BCUT2D eigenvalue weighted by Crippen LogP contribution is 2.28. The lowest BCUT2D eigenvalue weighted by molar-refractivity contribution is -0.118. The first-order valence-corrected chi connectivity index (χ1v) is 6.42. The van der Waals surface area contributed by atoms with Crippen molar-refractivity contribution >= 4 is 17.3 Å². The molecule has 2 heterocycles. The second kappa shape index (κ2) is 5.21. The highest BCUT2D eigenvalue weighted by atomic mass is 16.5. The quantitative estimate of drug-likeness (QED) is 0.897. The van der Waals surface area contributed by atoms with E-state index in [9.17, 15) is 4.79 Å². The van der Waals surface area contributed by atoms with Gasteiger partial charge in [-0.05, 0) is 36.2 Å². The van der Waals surface area contributed by atoms with Gasteiger partial charge in [-0.2, -0.15) is 0 Å². The van der Waals surface area contributed by atoms with Gasteiger partial charge in [0.15, 0.2) is 6.61 Å². The number of carbonyl (C=O) groups is 1. The molecule has 0 fully saturated rings. The number of aryl methyl sites for hydroxylation is 1. The third kappa shape index (κ3) is 2.71. The Morgan fingerprint density at radius 2 is 2.25 bits per heavy atom. The largest absolute Gasteiger partial charge is 0.482 e. The summed E-state index contributed by atoms with van der Waals surface area (Å²) in [5, 5.41) is 6.11. The fourth-order valence-corrected chi connectivity index (χ4v) is 2.10. The van der Waals surface area contributed by atoms with Crippen LogP contribution >= 0.6 is 0 Å². The van der Waals surface area contributed by atoms with Crippen LogP contribution in [0.2, 0.25) is 0 Å². The summed E-state index contributed by atoms with van der Waals surface area (Å²) in [5.74, 6) is 0.594. The molecule has 1 aliphatic rings. The highest BCUT2D eigenvalue weighted by molar-refractivity contribution is 5.95. The molecule has 1 aliphatic heterocycles. The third-order valence-corrected chi connectivity index (χ3v) is 3.05. The van der Waals surface area contributed by atoms with Gasteiger partial charge in [0.1, 0.15) is 5.75 Å². The van der Waals surface area contributed by atoms with E-state index in [1.54, 1.807) is 6.20 Å². The summed E-state index contributed by atoms with van der Waals surface area (Å²) < 4.78 is 5.33. The van der Waals surface area contributed by atoms with Gasteiger partial charge in [0.05, 0.1) is 11.4 Å². The van der Waals surface area contributed by atoms with E-state index in [2.05, 4.69) is 15.6 Å². The molecular formula is C15H15N3O2. The number of hydrogen-bond donors (Lipinski definition) is 2. The molecule has 0 atom stereocenters. The zero-order chi connectivity index (χ0) is 13.9. The van der Waals surface area contributed by atoms with E-state index in [0.717, 1.165) is 22.5 Å². The van der Waals surface area contributed by atoms with Crippen LogP contribution in [0.25, 0.3) is 0 Å². The number of amides is 1. The second-order valence-corrected chi connectivity index (χ2v) is 4.77. The van der Waals surface area contributed by atoms with Gasteiger partial charge in [-0.3, -0.25) is 9.78 Å². The summed E-state index contributed by atoms with van der Waals surface area (Å²) in [4.78, 5) is 15.4. The molecule has 0 unspecified atom stereocenters. The Labute approximate surface area is 117 Å². The van der Waals surface area contributed by atoms with Gasteiger partial charge in [0.2, 0.25) is 0 Å². The van der Waals surface area contributed by atoms with Gasteiger partial charge in [-0.1, -0.05) is 6.07 Å². The van der Waals surface area contributed by atoms with Gasteiger partial charge < -0.3 is 15.4 Å². The molecule has 102 valence electrons. The molecule has 0 aliphatic carbocycles. The van der Waals surface area contributed by atoms with Crippen molar-refractivity contribution in [1.29, 1.82) is 0 Å². The van der Waals surface area contributed by atoms with Crippen molar-refractivity contribution in [3.05, 3.63) is 47.8 Å². The molecule has 20 heavy (non-hydrogen) atoms. The standard InChI is InChI=1S/C15H15N3O2/c1-10-4-12(8-16-6-10)17-7-11-2-3-14-13(5-11)18-15(19)9-20-14/h2-6,8,17H,7,9H2,1H3,(H,18,19). The van der Waals surface area contributed by atoms with Gasteiger partial charge in [0.25, 0.3) is 5.91 Å². The van der Waals surface area contributed by atoms with Gasteiger partial charge >= 0.3 is 0 Å². The number of nitrogens with one attached hydrogen (secondary N) is 2. The van der Waals surface area contributed by atoms with Crippen LogP contribution in [0.1, 0.15) is 11.1 Å². The zero-order valence-electron chi connectivity index (χ0n) is 11.1. The van der Waals surface area contributed by atoms with Gasteiger partial charge in [-0.25, -0.2) is 0 Å². The number of nitrogens with zero attached hydrogens (tertiary/aromatic N) is 1. The van der Waals surface area contributed by atoms with Crippen molar-refractivity contribution in [2.24, 2.45) is 0 Å². The topological polar surface area (TPSA) is 63.2 Å². The molecule has 1 aromatic carbocycles. The Hall–Kier alpha value is -2.56. The smallest absolute Gasteiger partial charge is 0.262 e. The predicted molar refractivity (Wildman–Crippen MR) is 76.9 cm³/mol. The molecular weight excluding hydrogens is 254 g/mol. The van der Waals surface area contributed by atoms with Gasteiger partial charge in [0, 0.05) is 18.9 Å². The summed E-state index contributed by atoms with van der Waals surface area (Å²) in [6.45, 7) is 2.75. The maximum atomic E-state index is 11.3. The van der Waals surface area contributed by atoms with Crippen molar-refractivity contribution in [3.8, 4) is 5.75 Å². The molecule has 3 rings (SSSR count). The Balaban J connectivity index is 1.72. The summed E-state index contributed by atoms with van der Waals surface area (Å²) >= 11 is 0. The van der Waals surface area contributed by atoms with Crippen LogP contribution < -0.4 is 15.4 Å². The molecule has 0 saturated carbocycles. The molecule has 1 amide bonds. The number of pyridine rings is 1. The number of fused-ring (bicyclic) bond motifs is 1. The van der Waals surface area contributed by atoms with E-state index in [1.807, 2.05) is 37.4 Å². The fraction of sp³-hybridized carbons (Fsp3) is 0.200. The molecule has 1 aromatic heterocycles. The van der Waals surface area contributed by atoms with Crippen molar-refractivity contribution in [1.82, 2.24) is 4.98 Å². The first kappa shape index (κ1) is 12.5. The minimum Gasteiger partial charge on any atom is -0.482 e. The lowest BCUT2D eigenvalue weighted by atomic mass is 10.1. The monoisotopic (exact) mass is 269 g/mol. The summed E-state index contributed by atoms with van der Waals surface area (Å²) in [6.07, 6.45) is 3.60. The summed E-state index contributed by atoms with van der Waals surface area (Å²) in [5.41, 5.74) is 3.88. The summed E-state index contributed by atoms with van der Waals surface area (Å²) in [7, 11) is 0. The molecule has 5 nitrogen and oxygen atoms in total. The molecule has 0 saturated heterocycles. The molecule has 0 radical (unpaired) electrons. The normalized spacial score (nSPS) is 13.2. The molecule has 0 bridgehead atoms. The van der Waals surface area contributed by atoms with E-state index in [0.29, 0.717) is 12.3 Å². The lowest BCUT2D eigenvalue weighted by Gasteiger charge is -2.18. The van der Waals surface area contributed by atoms with E-state index < -0.39 is 0 Å². The lowest BCUT2D eigenvalue weighted by Crippen LogP contribution is -2.25. The van der Waals surface area contributed by atoms with Crippen molar-refractivity contribution in [2.45, 2.75) is 13.5 Å². The first-order chi connectivity index (χ1) is 9.70. The van der Waals surface area contributed by atoms with Crippen LogP contribution in [0.15, 0.2) is 36.7 Å². The Morgan fingerprint density at radius 3 is 3.10 bits per heavy atom. The molecule has 0 spiro atoms. The average Bonchev–Trinajstić information content (AvgIpc) is 2.45. The first-order valence-electron chi connectivity index (χ1n) is 6.42. The van der Waals surface area contributed by atoms with E-state index in [-0.39, 0.29) is 12.5 Å². The Kier molecular flexibility index (Phi) is 3.25. The molecule has 2 aromatic rings. The zero-order valence-corrected chi connectivity index (χ0v) is 11.1. The van der Waals surface area contributed by atoms with Crippen LogP contribution in [0, 0.1) is 6.92 Å². The summed E-state index contributed by atoms with van der Waals surface area (Å²) in [6, 6.07) is 7.81. The van der Waals surface area contributed by atoms with Crippen molar-refractivity contribution < 1.29 is 9.53 Å². The average molecular weight is 269 g/mol. The minimum absolute atomic E-state index is 0.0829. The predicted octanol–water partition coefficient (Wildman–Crippen LogP) is 2.33. The van der Waals surface area contributed by atoms with Crippen LogP contribution in [0.5, 0.6) is 5.75 Å². The van der Waals surface area contributed by atoms with Crippen molar-refractivity contribution in [3.63, 3.8) is 0 Å². The number of anilines is 2. The number of benzene rings is 1. The second-order valence-electron chi connectivity index (χ2n) is 4.77. The van der Waals surface area contributed by atoms with Crippen molar-refractivity contribution in [2.75, 3.05) is 17.2 Å². The van der Waals surface area contributed by atoms with Gasteiger partial charge in [-0.15, -0.1) is 0 Å². The number of ether oxygens (including phenoxy) is 1. The Morgan fingerprint density at radius 1 is 1.35 bits per heavy atom. The van der Waals surface area contributed by atoms with E-state index >= 15 is 0 Å². The maximum absolute atomic E-state index is 11.3. The third-order valence-electron chi connectivity index (χ3n) is 3.05. The maximum Gasteiger partial charge on any atom is 0.262 e. The fourth-order valence-electron chi connectivity index (χ4n) is 2.10. The minimum atomic E-state index is -0.120.